The van der Waals surface area contributed by atoms with Crippen LogP contribution in [0.4, 0.5) is 0 Å². The highest BCUT2D eigenvalue weighted by Gasteiger charge is 2.16. The topological polar surface area (TPSA) is 49.6 Å². The van der Waals surface area contributed by atoms with E-state index in [1.807, 2.05) is 66.7 Å². The van der Waals surface area contributed by atoms with Crippen molar-refractivity contribution in [3.8, 4) is 62.2 Å². The highest BCUT2D eigenvalue weighted by Crippen LogP contribution is 2.35. The van der Waals surface area contributed by atoms with Crippen molar-refractivity contribution in [1.29, 1.82) is 5.26 Å². The Morgan fingerprint density at radius 3 is 1.49 bits per heavy atom. The Hall–Kier alpha value is -5.85. The van der Waals surface area contributed by atoms with Crippen molar-refractivity contribution in [2.75, 3.05) is 0 Å². The minimum Gasteiger partial charge on any atom is -0.228 e. The number of nitriles is 1. The molecule has 0 spiro atoms. The van der Waals surface area contributed by atoms with Crippen LogP contribution in [0, 0.1) is 18.3 Å². The van der Waals surface area contributed by atoms with Crippen LogP contribution in [-0.2, 0) is 0 Å². The molecule has 0 fully saturated rings. The van der Waals surface area contributed by atoms with Gasteiger partial charge in [-0.3, -0.25) is 0 Å². The highest BCUT2D eigenvalue weighted by molar-refractivity contribution is 5.99. The van der Waals surface area contributed by atoms with E-state index in [-0.39, 0.29) is 0 Å². The number of benzene rings is 6. The number of aromatic nitrogens is 2. The molecule has 0 unspecified atom stereocenters. The Kier molecular flexibility index (Phi) is 6.79. The van der Waals surface area contributed by atoms with E-state index in [1.165, 1.54) is 0 Å². The Balaban J connectivity index is 1.24. The van der Waals surface area contributed by atoms with E-state index in [0.717, 1.165) is 72.5 Å². The fourth-order valence-electron chi connectivity index (χ4n) is 5.70. The molecule has 0 bridgehead atoms. The minimum atomic E-state index is 0.696. The van der Waals surface area contributed by atoms with Gasteiger partial charge in [-0.05, 0) is 40.6 Å². The molecule has 0 aliphatic heterocycles. The molecular formula is C40H27N3. The van der Waals surface area contributed by atoms with E-state index < -0.39 is 0 Å². The van der Waals surface area contributed by atoms with Gasteiger partial charge in [-0.1, -0.05) is 140 Å². The Labute approximate surface area is 251 Å². The van der Waals surface area contributed by atoms with Crippen LogP contribution < -0.4 is 0 Å². The van der Waals surface area contributed by atoms with Crippen molar-refractivity contribution in [3.05, 3.63) is 157 Å². The van der Waals surface area contributed by atoms with Gasteiger partial charge in [0.15, 0.2) is 5.82 Å². The van der Waals surface area contributed by atoms with E-state index in [0.29, 0.717) is 5.56 Å². The van der Waals surface area contributed by atoms with Gasteiger partial charge >= 0.3 is 0 Å². The Morgan fingerprint density at radius 2 is 0.907 bits per heavy atom. The van der Waals surface area contributed by atoms with Gasteiger partial charge in [0.05, 0.1) is 23.0 Å². The lowest BCUT2D eigenvalue weighted by Gasteiger charge is -2.14. The van der Waals surface area contributed by atoms with Crippen LogP contribution in [0.2, 0.25) is 0 Å². The zero-order valence-corrected chi connectivity index (χ0v) is 23.7. The van der Waals surface area contributed by atoms with Gasteiger partial charge in [0.25, 0.3) is 0 Å². The summed E-state index contributed by atoms with van der Waals surface area (Å²) in [4.78, 5) is 10.1. The molecule has 0 radical (unpaired) electrons. The smallest absolute Gasteiger partial charge is 0.160 e. The molecule has 7 rings (SSSR count). The zero-order chi connectivity index (χ0) is 29.2. The van der Waals surface area contributed by atoms with E-state index in [9.17, 15) is 5.26 Å². The van der Waals surface area contributed by atoms with Crippen LogP contribution in [-0.4, -0.2) is 9.97 Å². The summed E-state index contributed by atoms with van der Waals surface area (Å²) in [7, 11) is 0. The summed E-state index contributed by atoms with van der Waals surface area (Å²) in [5, 5.41) is 11.6. The number of nitrogens with zero attached hydrogens (tertiary/aromatic N) is 3. The average molecular weight is 550 g/mol. The van der Waals surface area contributed by atoms with E-state index in [1.54, 1.807) is 0 Å². The molecule has 0 saturated heterocycles. The maximum atomic E-state index is 9.54. The lowest BCUT2D eigenvalue weighted by Crippen LogP contribution is -2.00. The number of hydrogen-bond donors (Lipinski definition) is 0. The van der Waals surface area contributed by atoms with Crippen LogP contribution in [0.15, 0.2) is 146 Å². The second-order valence-corrected chi connectivity index (χ2v) is 10.6. The first-order chi connectivity index (χ1) is 21.2. The summed E-state index contributed by atoms with van der Waals surface area (Å²) in [5.41, 5.74) is 11.3. The monoisotopic (exact) mass is 549 g/mol. The number of rotatable bonds is 5. The van der Waals surface area contributed by atoms with Crippen molar-refractivity contribution in [1.82, 2.24) is 9.97 Å². The number of fused-ring (bicyclic) bond motifs is 1. The van der Waals surface area contributed by atoms with Gasteiger partial charge in [0.2, 0.25) is 0 Å². The molecule has 0 saturated carbocycles. The normalized spacial score (nSPS) is 10.9. The zero-order valence-electron chi connectivity index (χ0n) is 23.7. The van der Waals surface area contributed by atoms with Crippen molar-refractivity contribution in [2.24, 2.45) is 0 Å². The first-order valence-corrected chi connectivity index (χ1v) is 14.3. The maximum absolute atomic E-state index is 9.54. The quantitative estimate of drug-likeness (QED) is 0.215. The summed E-state index contributed by atoms with van der Waals surface area (Å²) in [6, 6.07) is 52.1. The minimum absolute atomic E-state index is 0.696. The summed E-state index contributed by atoms with van der Waals surface area (Å²) < 4.78 is 0. The van der Waals surface area contributed by atoms with E-state index in [4.69, 9.17) is 9.97 Å². The van der Waals surface area contributed by atoms with Crippen molar-refractivity contribution in [3.63, 3.8) is 0 Å². The third kappa shape index (κ3) is 4.96. The maximum Gasteiger partial charge on any atom is 0.160 e. The second-order valence-electron chi connectivity index (χ2n) is 10.6. The fourth-order valence-corrected chi connectivity index (χ4v) is 5.70. The second kappa shape index (κ2) is 11.2. The van der Waals surface area contributed by atoms with E-state index in [2.05, 4.69) is 91.9 Å². The van der Waals surface area contributed by atoms with Crippen LogP contribution in [0.5, 0.6) is 0 Å². The number of hydrogen-bond acceptors (Lipinski definition) is 3. The van der Waals surface area contributed by atoms with Crippen molar-refractivity contribution >= 4 is 10.8 Å². The van der Waals surface area contributed by atoms with Gasteiger partial charge in [-0.2, -0.15) is 5.26 Å². The average Bonchev–Trinajstić information content (AvgIpc) is 3.09. The van der Waals surface area contributed by atoms with Crippen molar-refractivity contribution in [2.45, 2.75) is 6.92 Å². The molecule has 202 valence electrons. The highest BCUT2D eigenvalue weighted by atomic mass is 14.9. The van der Waals surface area contributed by atoms with Gasteiger partial charge in [0.1, 0.15) is 0 Å². The van der Waals surface area contributed by atoms with Gasteiger partial charge in [0, 0.05) is 27.6 Å². The molecule has 7 aromatic rings. The van der Waals surface area contributed by atoms with Crippen LogP contribution in [0.1, 0.15) is 11.1 Å². The van der Waals surface area contributed by atoms with Gasteiger partial charge in [-0.15, -0.1) is 0 Å². The first-order valence-electron chi connectivity index (χ1n) is 14.3. The van der Waals surface area contributed by atoms with Crippen molar-refractivity contribution < 1.29 is 0 Å². The van der Waals surface area contributed by atoms with Crippen LogP contribution in [0.3, 0.4) is 0 Å². The fraction of sp³-hybridized carbons (Fsp3) is 0.0250. The molecule has 0 amide bonds. The molecule has 43 heavy (non-hydrogen) atoms. The molecule has 0 aliphatic rings. The molecule has 3 nitrogen and oxygen atoms in total. The summed E-state index contributed by atoms with van der Waals surface area (Å²) in [6.45, 7) is 2.10. The molecule has 0 aliphatic carbocycles. The first kappa shape index (κ1) is 26.1. The predicted molar refractivity (Wildman–Crippen MR) is 176 cm³/mol. The molecule has 1 aromatic heterocycles. The third-order valence-corrected chi connectivity index (χ3v) is 7.96. The van der Waals surface area contributed by atoms with Gasteiger partial charge < -0.3 is 0 Å². The van der Waals surface area contributed by atoms with Crippen LogP contribution in [0.25, 0.3) is 66.9 Å². The summed E-state index contributed by atoms with van der Waals surface area (Å²) >= 11 is 0. The lowest BCUT2D eigenvalue weighted by atomic mass is 9.94. The molecule has 6 aromatic carbocycles. The summed E-state index contributed by atoms with van der Waals surface area (Å²) in [5.74, 6) is 0.718. The molecule has 0 atom stereocenters. The largest absolute Gasteiger partial charge is 0.228 e. The SMILES string of the molecule is Cc1c(-c2ccccc2)nc(-c2ccccc2)nc1-c1ccc(-c2ccc(-c3ccc(C#N)c4ccccc34)cc2)cc1. The Bertz CT molecular complexity index is 2110. The summed E-state index contributed by atoms with van der Waals surface area (Å²) in [6.07, 6.45) is 0. The molecule has 0 N–H and O–H groups in total. The van der Waals surface area contributed by atoms with Gasteiger partial charge in [-0.25, -0.2) is 9.97 Å². The Morgan fingerprint density at radius 1 is 0.442 bits per heavy atom. The molecule has 3 heteroatoms. The predicted octanol–water partition coefficient (Wildman–Crippen LogP) is 10.1. The van der Waals surface area contributed by atoms with E-state index >= 15 is 0 Å². The third-order valence-electron chi connectivity index (χ3n) is 7.96. The van der Waals surface area contributed by atoms with Crippen LogP contribution >= 0.6 is 0 Å². The molecule has 1 heterocycles. The standard InChI is InChI=1S/C40H27N3/c1-27-38(31-10-4-2-5-11-31)42-40(33-12-6-3-7-13-33)43-39(27)32-22-18-29(19-23-32)28-16-20-30(21-17-28)36-25-24-34(26-41)35-14-8-9-15-37(35)36/h2-25H,1H3. The molecular weight excluding hydrogens is 522 g/mol. The lowest BCUT2D eigenvalue weighted by molar-refractivity contribution is 1.15.